The average Bonchev–Trinajstić information content (AvgIpc) is 3.57. The first-order valence-electron chi connectivity index (χ1n) is 10.8. The topological polar surface area (TPSA) is 98.9 Å². The molecule has 1 aliphatic heterocycles. The Morgan fingerprint density at radius 2 is 1.48 bits per heavy atom. The third-order valence-corrected chi connectivity index (χ3v) is 6.20. The van der Waals surface area contributed by atoms with Gasteiger partial charge in [0.15, 0.2) is 0 Å². The molecule has 0 bridgehead atoms. The Labute approximate surface area is 182 Å². The smallest absolute Gasteiger partial charge is 0.254 e. The lowest BCUT2D eigenvalue weighted by atomic mass is 10.00. The molecular weight excluding hydrogens is 392 g/mol. The van der Waals surface area contributed by atoms with Gasteiger partial charge in [0.25, 0.3) is 11.8 Å². The molecule has 4 rings (SSSR count). The second-order valence-corrected chi connectivity index (χ2v) is 8.48. The van der Waals surface area contributed by atoms with Crippen molar-refractivity contribution in [3.05, 3.63) is 59.7 Å². The summed E-state index contributed by atoms with van der Waals surface area (Å²) in [7, 11) is 1.88. The van der Waals surface area contributed by atoms with Gasteiger partial charge in [-0.25, -0.2) is 0 Å². The maximum Gasteiger partial charge on any atom is 0.254 e. The summed E-state index contributed by atoms with van der Waals surface area (Å²) in [5.74, 6) is -0.223. The van der Waals surface area contributed by atoms with Crippen LogP contribution in [0.25, 0.3) is 11.1 Å². The SMILES string of the molecule is CNCC(N)c1ccc(-c2ccc(C(=O)N3CCN(C(=O)C4(O)CC4)CC3)cc2)cc1. The van der Waals surface area contributed by atoms with Crippen LogP contribution in [0.1, 0.15) is 34.8 Å². The van der Waals surface area contributed by atoms with E-state index in [-0.39, 0.29) is 17.9 Å². The molecule has 2 fully saturated rings. The van der Waals surface area contributed by atoms with Gasteiger partial charge in [0.05, 0.1) is 0 Å². The number of amides is 2. The van der Waals surface area contributed by atoms with Crippen LogP contribution in [0.15, 0.2) is 48.5 Å². The van der Waals surface area contributed by atoms with E-state index >= 15 is 0 Å². The van der Waals surface area contributed by atoms with E-state index in [9.17, 15) is 14.7 Å². The highest BCUT2D eigenvalue weighted by molar-refractivity contribution is 5.95. The quantitative estimate of drug-likeness (QED) is 0.653. The third-order valence-electron chi connectivity index (χ3n) is 6.20. The number of hydrogen-bond donors (Lipinski definition) is 3. The summed E-state index contributed by atoms with van der Waals surface area (Å²) >= 11 is 0. The monoisotopic (exact) mass is 422 g/mol. The Morgan fingerprint density at radius 3 is 2.00 bits per heavy atom. The fourth-order valence-electron chi connectivity index (χ4n) is 3.99. The van der Waals surface area contributed by atoms with Crippen LogP contribution in [0.4, 0.5) is 0 Å². The van der Waals surface area contributed by atoms with E-state index in [1.165, 1.54) is 0 Å². The van der Waals surface area contributed by atoms with Crippen molar-refractivity contribution in [2.45, 2.75) is 24.5 Å². The van der Waals surface area contributed by atoms with Crippen molar-refractivity contribution < 1.29 is 14.7 Å². The first kappa shape index (κ1) is 21.5. The van der Waals surface area contributed by atoms with Crippen LogP contribution in [0.2, 0.25) is 0 Å². The second-order valence-electron chi connectivity index (χ2n) is 8.48. The molecule has 1 atom stereocenters. The lowest BCUT2D eigenvalue weighted by Crippen LogP contribution is -2.53. The lowest BCUT2D eigenvalue weighted by molar-refractivity contribution is -0.143. The highest BCUT2D eigenvalue weighted by Gasteiger charge is 2.50. The van der Waals surface area contributed by atoms with Crippen molar-refractivity contribution in [1.82, 2.24) is 15.1 Å². The number of carbonyl (C=O) groups excluding carboxylic acids is 2. The molecule has 31 heavy (non-hydrogen) atoms. The van der Waals surface area contributed by atoms with E-state index in [4.69, 9.17) is 5.73 Å². The predicted molar refractivity (Wildman–Crippen MR) is 119 cm³/mol. The molecule has 1 unspecified atom stereocenters. The number of likely N-dealkylation sites (N-methyl/N-ethyl adjacent to an activating group) is 1. The number of nitrogens with zero attached hydrogens (tertiary/aromatic N) is 2. The molecule has 1 heterocycles. The molecular formula is C24H30N4O3. The van der Waals surface area contributed by atoms with Crippen molar-refractivity contribution in [1.29, 1.82) is 0 Å². The van der Waals surface area contributed by atoms with Gasteiger partial charge in [0, 0.05) is 44.3 Å². The minimum Gasteiger partial charge on any atom is -0.380 e. The fraction of sp³-hybridized carbons (Fsp3) is 0.417. The van der Waals surface area contributed by atoms with E-state index in [1.807, 2.05) is 55.6 Å². The average molecular weight is 423 g/mol. The summed E-state index contributed by atoms with van der Waals surface area (Å²) < 4.78 is 0. The van der Waals surface area contributed by atoms with Crippen molar-refractivity contribution in [3.8, 4) is 11.1 Å². The van der Waals surface area contributed by atoms with E-state index in [2.05, 4.69) is 5.32 Å². The lowest BCUT2D eigenvalue weighted by Gasteiger charge is -2.35. The molecule has 7 heteroatoms. The summed E-state index contributed by atoms with van der Waals surface area (Å²) in [6.45, 7) is 2.62. The molecule has 2 aromatic rings. The molecule has 0 spiro atoms. The van der Waals surface area contributed by atoms with Crippen LogP contribution in [-0.2, 0) is 4.79 Å². The van der Waals surface area contributed by atoms with Crippen LogP contribution in [-0.4, -0.2) is 72.1 Å². The summed E-state index contributed by atoms with van der Waals surface area (Å²) in [5.41, 5.74) is 8.82. The van der Waals surface area contributed by atoms with E-state index in [1.54, 1.807) is 9.80 Å². The number of aliphatic hydroxyl groups is 1. The van der Waals surface area contributed by atoms with Crippen LogP contribution in [0.3, 0.4) is 0 Å². The maximum absolute atomic E-state index is 12.9. The molecule has 2 aliphatic rings. The zero-order valence-corrected chi connectivity index (χ0v) is 17.9. The summed E-state index contributed by atoms with van der Waals surface area (Å²) in [6, 6.07) is 15.7. The number of rotatable bonds is 6. The molecule has 2 aromatic carbocycles. The van der Waals surface area contributed by atoms with Crippen molar-refractivity contribution in [2.75, 3.05) is 39.8 Å². The van der Waals surface area contributed by atoms with Crippen molar-refractivity contribution in [2.24, 2.45) is 5.73 Å². The van der Waals surface area contributed by atoms with Crippen LogP contribution in [0.5, 0.6) is 0 Å². The van der Waals surface area contributed by atoms with E-state index in [0.717, 1.165) is 23.2 Å². The minimum absolute atomic E-state index is 0.0304. The summed E-state index contributed by atoms with van der Waals surface area (Å²) in [5, 5.41) is 13.1. The van der Waals surface area contributed by atoms with Gasteiger partial charge in [0.1, 0.15) is 5.60 Å². The zero-order chi connectivity index (χ0) is 22.0. The van der Waals surface area contributed by atoms with Gasteiger partial charge < -0.3 is 26.0 Å². The molecule has 1 saturated carbocycles. The Hall–Kier alpha value is -2.74. The van der Waals surface area contributed by atoms with Crippen molar-refractivity contribution in [3.63, 3.8) is 0 Å². The Bertz CT molecular complexity index is 930. The Balaban J connectivity index is 1.36. The van der Waals surface area contributed by atoms with Gasteiger partial charge in [-0.15, -0.1) is 0 Å². The maximum atomic E-state index is 12.9. The van der Waals surface area contributed by atoms with Gasteiger partial charge in [-0.1, -0.05) is 36.4 Å². The number of nitrogens with two attached hydrogens (primary N) is 1. The van der Waals surface area contributed by atoms with Crippen LogP contribution >= 0.6 is 0 Å². The first-order chi connectivity index (χ1) is 14.9. The molecule has 4 N–H and O–H groups in total. The Kier molecular flexibility index (Phi) is 6.09. The van der Waals surface area contributed by atoms with Crippen LogP contribution < -0.4 is 11.1 Å². The van der Waals surface area contributed by atoms with Gasteiger partial charge in [-0.3, -0.25) is 9.59 Å². The third kappa shape index (κ3) is 4.63. The standard InChI is InChI=1S/C24H30N4O3/c1-26-16-21(25)19-6-2-17(3-7-19)18-4-8-20(9-5-18)22(29)27-12-14-28(15-13-27)23(30)24(31)10-11-24/h2-9,21,26,31H,10-16,25H2,1H3. The molecule has 1 aliphatic carbocycles. The van der Waals surface area contributed by atoms with Crippen molar-refractivity contribution >= 4 is 11.8 Å². The first-order valence-corrected chi connectivity index (χ1v) is 10.8. The van der Waals surface area contributed by atoms with Gasteiger partial charge in [0.2, 0.25) is 0 Å². The highest BCUT2D eigenvalue weighted by Crippen LogP contribution is 2.37. The minimum atomic E-state index is -1.14. The van der Waals surface area contributed by atoms with Crippen LogP contribution in [0, 0.1) is 0 Å². The largest absolute Gasteiger partial charge is 0.380 e. The molecule has 0 aromatic heterocycles. The highest BCUT2D eigenvalue weighted by atomic mass is 16.3. The molecule has 0 radical (unpaired) electrons. The normalized spacial score (nSPS) is 18.5. The van der Waals surface area contributed by atoms with E-state index < -0.39 is 5.60 Å². The predicted octanol–water partition coefficient (Wildman–Crippen LogP) is 1.38. The van der Waals surface area contributed by atoms with Gasteiger partial charge >= 0.3 is 0 Å². The molecule has 7 nitrogen and oxygen atoms in total. The van der Waals surface area contributed by atoms with Gasteiger partial charge in [-0.2, -0.15) is 0 Å². The summed E-state index contributed by atoms with van der Waals surface area (Å²) in [4.78, 5) is 28.6. The number of carbonyl (C=O) groups is 2. The zero-order valence-electron chi connectivity index (χ0n) is 17.9. The second kappa shape index (κ2) is 8.78. The number of piperazine rings is 1. The molecule has 164 valence electrons. The Morgan fingerprint density at radius 1 is 0.968 bits per heavy atom. The van der Waals surface area contributed by atoms with E-state index in [0.29, 0.717) is 44.6 Å². The molecule has 1 saturated heterocycles. The number of nitrogens with one attached hydrogen (secondary N) is 1. The summed E-state index contributed by atoms with van der Waals surface area (Å²) in [6.07, 6.45) is 1.09. The number of benzene rings is 2. The van der Waals surface area contributed by atoms with Gasteiger partial charge in [-0.05, 0) is 48.7 Å². The fourth-order valence-corrected chi connectivity index (χ4v) is 3.99. The molecule has 2 amide bonds. The number of hydrogen-bond acceptors (Lipinski definition) is 5.